The van der Waals surface area contributed by atoms with E-state index < -0.39 is 0 Å². The molecule has 0 unspecified atom stereocenters. The Labute approximate surface area is 482 Å². The SMILES string of the molecule is C1=CC(N(c2ccccc2)c2ccc(-c3ccc(-c4ccc(N(c5ccccc5)c5ccc(-c6ccc(N(c7ccccc7)c7ccc(-c8ccc(N(c9ccccc9)c9ccccc9)cc8)cc7)cc6)cc5)cc4)cc3)cc2)=CCC1. The quantitative estimate of drug-likeness (QED) is 0.0956. The summed E-state index contributed by atoms with van der Waals surface area (Å²) >= 11 is 0. The average Bonchev–Trinajstić information content (AvgIpc) is 3.64. The highest BCUT2D eigenvalue weighted by Gasteiger charge is 2.18. The second kappa shape index (κ2) is 23.7. The van der Waals surface area contributed by atoms with Crippen LogP contribution in [0.2, 0.25) is 0 Å². The molecule has 0 fully saturated rings. The summed E-state index contributed by atoms with van der Waals surface area (Å²) in [5.41, 5.74) is 22.8. The smallest absolute Gasteiger partial charge is 0.0462 e. The van der Waals surface area contributed by atoms with Crippen molar-refractivity contribution in [3.63, 3.8) is 0 Å². The maximum absolute atomic E-state index is 2.34. The molecule has 0 amide bonds. The highest BCUT2D eigenvalue weighted by atomic mass is 15.2. The molecule has 1 aliphatic rings. The first kappa shape index (κ1) is 50.8. The van der Waals surface area contributed by atoms with Gasteiger partial charge in [0.2, 0.25) is 0 Å². The van der Waals surface area contributed by atoms with Crippen LogP contribution in [0.1, 0.15) is 12.8 Å². The maximum atomic E-state index is 2.34. The average molecular weight is 1050 g/mol. The van der Waals surface area contributed by atoms with Crippen LogP contribution in [0.25, 0.3) is 44.5 Å². The molecule has 4 nitrogen and oxygen atoms in total. The summed E-state index contributed by atoms with van der Waals surface area (Å²) in [6, 6.07) is 115. The highest BCUT2D eigenvalue weighted by molar-refractivity contribution is 5.84. The van der Waals surface area contributed by atoms with E-state index in [1.165, 1.54) is 28.0 Å². The Hall–Kier alpha value is -10.7. The topological polar surface area (TPSA) is 13.0 Å². The van der Waals surface area contributed by atoms with Crippen molar-refractivity contribution in [2.75, 3.05) is 19.6 Å². The molecule has 0 saturated heterocycles. The van der Waals surface area contributed by atoms with Gasteiger partial charge in [-0.3, -0.25) is 0 Å². The van der Waals surface area contributed by atoms with E-state index in [0.717, 1.165) is 97.7 Å². The fourth-order valence-electron chi connectivity index (χ4n) is 11.1. The van der Waals surface area contributed by atoms with E-state index in [4.69, 9.17) is 0 Å². The third kappa shape index (κ3) is 11.0. The third-order valence-corrected chi connectivity index (χ3v) is 15.3. The van der Waals surface area contributed by atoms with Gasteiger partial charge in [-0.25, -0.2) is 0 Å². The molecule has 1 aliphatic carbocycles. The van der Waals surface area contributed by atoms with E-state index in [1.807, 2.05) is 0 Å². The first-order valence-corrected chi connectivity index (χ1v) is 28.2. The summed E-state index contributed by atoms with van der Waals surface area (Å²) in [7, 11) is 0. The normalized spacial score (nSPS) is 11.8. The Morgan fingerprint density at radius 2 is 0.354 bits per heavy atom. The number of hydrogen-bond acceptors (Lipinski definition) is 4. The van der Waals surface area contributed by atoms with Gasteiger partial charge in [0.25, 0.3) is 0 Å². The summed E-state index contributed by atoms with van der Waals surface area (Å²) in [6.07, 6.45) is 8.97. The van der Waals surface area contributed by atoms with Crippen LogP contribution in [0.5, 0.6) is 0 Å². The van der Waals surface area contributed by atoms with E-state index in [1.54, 1.807) is 0 Å². The van der Waals surface area contributed by atoms with E-state index in [9.17, 15) is 0 Å². The van der Waals surface area contributed by atoms with Gasteiger partial charge in [-0.2, -0.15) is 0 Å². The molecule has 82 heavy (non-hydrogen) atoms. The van der Waals surface area contributed by atoms with Crippen molar-refractivity contribution >= 4 is 62.6 Å². The Balaban J connectivity index is 0.709. The van der Waals surface area contributed by atoms with Crippen LogP contribution in [0.4, 0.5) is 62.6 Å². The number of allylic oxidation sites excluding steroid dienone is 3. The lowest BCUT2D eigenvalue weighted by atomic mass is 9.99. The summed E-state index contributed by atoms with van der Waals surface area (Å²) in [5, 5.41) is 0. The number of anilines is 11. The molecule has 0 aromatic heterocycles. The lowest BCUT2D eigenvalue weighted by Crippen LogP contribution is -2.16. The zero-order valence-corrected chi connectivity index (χ0v) is 45.5. The number of para-hydroxylation sites is 5. The first-order valence-electron chi connectivity index (χ1n) is 28.2. The molecule has 0 spiro atoms. The molecule has 12 aromatic carbocycles. The summed E-state index contributed by atoms with van der Waals surface area (Å²) in [6.45, 7) is 0. The molecule has 4 heteroatoms. The zero-order chi connectivity index (χ0) is 54.9. The molecule has 0 heterocycles. The van der Waals surface area contributed by atoms with Crippen LogP contribution >= 0.6 is 0 Å². The Morgan fingerprint density at radius 1 is 0.171 bits per heavy atom. The van der Waals surface area contributed by atoms with Crippen molar-refractivity contribution in [2.45, 2.75) is 12.8 Å². The summed E-state index contributed by atoms with van der Waals surface area (Å²) in [4.78, 5) is 9.28. The van der Waals surface area contributed by atoms with Crippen molar-refractivity contribution in [3.8, 4) is 44.5 Å². The lowest BCUT2D eigenvalue weighted by molar-refractivity contribution is 0.997. The van der Waals surface area contributed by atoms with Crippen molar-refractivity contribution in [1.29, 1.82) is 0 Å². The lowest BCUT2D eigenvalue weighted by Gasteiger charge is -2.27. The molecule has 0 atom stereocenters. The fraction of sp³-hybridized carbons (Fsp3) is 0.0256. The van der Waals surface area contributed by atoms with E-state index in [0.29, 0.717) is 0 Å². The van der Waals surface area contributed by atoms with Gasteiger partial charge < -0.3 is 19.6 Å². The number of hydrogen-bond donors (Lipinski definition) is 0. The molecule has 12 aromatic rings. The van der Waals surface area contributed by atoms with Crippen LogP contribution < -0.4 is 19.6 Å². The molecule has 0 aliphatic heterocycles. The van der Waals surface area contributed by atoms with Crippen LogP contribution in [-0.4, -0.2) is 0 Å². The van der Waals surface area contributed by atoms with Gasteiger partial charge in [0.1, 0.15) is 0 Å². The molecule has 0 N–H and O–H groups in total. The second-order valence-corrected chi connectivity index (χ2v) is 20.5. The van der Waals surface area contributed by atoms with Gasteiger partial charge in [-0.15, -0.1) is 0 Å². The Kier molecular flexibility index (Phi) is 14.7. The Bertz CT molecular complexity index is 4020. The summed E-state index contributed by atoms with van der Waals surface area (Å²) in [5.74, 6) is 0. The van der Waals surface area contributed by atoms with Crippen LogP contribution in [0, 0.1) is 0 Å². The van der Waals surface area contributed by atoms with E-state index >= 15 is 0 Å². The van der Waals surface area contributed by atoms with Crippen molar-refractivity contribution < 1.29 is 0 Å². The minimum absolute atomic E-state index is 1.05. The van der Waals surface area contributed by atoms with Gasteiger partial charge in [-0.1, -0.05) is 200 Å². The number of rotatable bonds is 16. The summed E-state index contributed by atoms with van der Waals surface area (Å²) < 4.78 is 0. The van der Waals surface area contributed by atoms with Gasteiger partial charge >= 0.3 is 0 Å². The van der Waals surface area contributed by atoms with E-state index in [-0.39, 0.29) is 0 Å². The van der Waals surface area contributed by atoms with Gasteiger partial charge in [0.05, 0.1) is 0 Å². The predicted octanol–water partition coefficient (Wildman–Crippen LogP) is 22.1. The number of benzene rings is 12. The molecule has 13 rings (SSSR count). The van der Waals surface area contributed by atoms with Gasteiger partial charge in [-0.05, 0) is 197 Å². The van der Waals surface area contributed by atoms with Crippen molar-refractivity contribution in [1.82, 2.24) is 0 Å². The minimum Gasteiger partial charge on any atom is -0.311 e. The largest absolute Gasteiger partial charge is 0.311 e. The second-order valence-electron chi connectivity index (χ2n) is 20.5. The number of nitrogens with zero attached hydrogens (tertiary/aromatic N) is 4. The van der Waals surface area contributed by atoms with E-state index in [2.05, 4.69) is 359 Å². The Morgan fingerprint density at radius 3 is 0.561 bits per heavy atom. The molecule has 0 saturated carbocycles. The monoisotopic (exact) mass is 1050 g/mol. The standard InChI is InChI=1S/C78H60N4/c1-7-19-67(20-8-1)79(68-21-9-2-10-22-68)73-47-35-61(36-48-73)59-31-33-60(34-32-59)62-37-51-75(52-38-62)81(71-27-15-5-16-28-71)76-55-43-65(44-56-76)66-45-57-78(58-46-66)82(72-29-17-6-18-30-72)77-53-41-64(42-54-77)63-39-49-74(50-40-63)80(69-23-11-3-12-24-69)70-25-13-4-14-26-70/h1,3-9,11-58H,2,10H2. The maximum Gasteiger partial charge on any atom is 0.0462 e. The van der Waals surface area contributed by atoms with Crippen LogP contribution in [0.15, 0.2) is 345 Å². The molecular weight excluding hydrogens is 993 g/mol. The van der Waals surface area contributed by atoms with Crippen LogP contribution in [-0.2, 0) is 0 Å². The zero-order valence-electron chi connectivity index (χ0n) is 45.5. The van der Waals surface area contributed by atoms with Gasteiger partial charge in [0, 0.05) is 68.3 Å². The van der Waals surface area contributed by atoms with Crippen LogP contribution in [0.3, 0.4) is 0 Å². The molecule has 392 valence electrons. The first-order chi connectivity index (χ1) is 40.7. The predicted molar refractivity (Wildman–Crippen MR) is 347 cm³/mol. The van der Waals surface area contributed by atoms with Crippen molar-refractivity contribution in [3.05, 3.63) is 345 Å². The van der Waals surface area contributed by atoms with Gasteiger partial charge in [0.15, 0.2) is 0 Å². The fourth-order valence-corrected chi connectivity index (χ4v) is 11.1. The third-order valence-electron chi connectivity index (χ3n) is 15.3. The molecule has 0 bridgehead atoms. The molecular formula is C78H60N4. The van der Waals surface area contributed by atoms with Crippen molar-refractivity contribution in [2.24, 2.45) is 0 Å². The highest BCUT2D eigenvalue weighted by Crippen LogP contribution is 2.41. The minimum atomic E-state index is 1.05. The molecule has 0 radical (unpaired) electrons.